The molecule has 0 aromatic heterocycles. The lowest BCUT2D eigenvalue weighted by atomic mass is 10.2. The van der Waals surface area contributed by atoms with Crippen LogP contribution in [-0.4, -0.2) is 55.4 Å². The van der Waals surface area contributed by atoms with Gasteiger partial charge in [-0.15, -0.1) is 0 Å². The summed E-state index contributed by atoms with van der Waals surface area (Å²) in [4.78, 5) is 91.0. The van der Waals surface area contributed by atoms with Crippen LogP contribution in [0.25, 0.3) is 0 Å². The highest BCUT2D eigenvalue weighted by Gasteiger charge is 2.46. The number of nitrogens with one attached hydrogen (secondary N) is 2. The van der Waals surface area contributed by atoms with E-state index in [9.17, 15) is 59.6 Å². The second-order valence-electron chi connectivity index (χ2n) is 7.71. The van der Waals surface area contributed by atoms with Gasteiger partial charge in [-0.1, -0.05) is 0 Å². The van der Waals surface area contributed by atoms with Crippen LogP contribution in [0.3, 0.4) is 0 Å². The molecule has 2 heterocycles. The van der Waals surface area contributed by atoms with E-state index in [2.05, 4.69) is 10.2 Å². The van der Waals surface area contributed by atoms with Crippen molar-refractivity contribution in [2.75, 3.05) is 10.0 Å². The van der Waals surface area contributed by atoms with Crippen molar-refractivity contribution in [3.8, 4) is 0 Å². The second kappa shape index (κ2) is 9.77. The van der Waals surface area contributed by atoms with E-state index in [1.807, 2.05) is 10.9 Å². The van der Waals surface area contributed by atoms with Crippen LogP contribution in [0.2, 0.25) is 0 Å². The standard InChI is InChI=1S/C18H10N10O12/c29-15-13(17(31)23(21-15)9-3-1-7(25(33)34)5-11(9)27(37)38)19-20-14-16(30)22-24(18(14)32)10-4-2-8(26(35)36)6-12(10)28(39)40/h1-6,13-14H,(H,21,29)(H,22,30). The molecule has 0 bridgehead atoms. The first-order valence-corrected chi connectivity index (χ1v) is 10.4. The van der Waals surface area contributed by atoms with Crippen molar-refractivity contribution in [2.24, 2.45) is 10.2 Å². The number of carbonyl (C=O) groups is 4. The first-order chi connectivity index (χ1) is 18.8. The Morgan fingerprint density at radius 3 is 1.25 bits per heavy atom. The van der Waals surface area contributed by atoms with E-state index in [0.29, 0.717) is 22.2 Å². The van der Waals surface area contributed by atoms with E-state index in [0.717, 1.165) is 24.3 Å². The Morgan fingerprint density at radius 2 is 0.950 bits per heavy atom. The van der Waals surface area contributed by atoms with Crippen LogP contribution >= 0.6 is 0 Å². The zero-order chi connectivity index (χ0) is 29.5. The van der Waals surface area contributed by atoms with Gasteiger partial charge >= 0.3 is 11.4 Å². The molecule has 2 atom stereocenters. The molecule has 2 aliphatic heterocycles. The van der Waals surface area contributed by atoms with Crippen LogP contribution in [-0.2, 0) is 19.2 Å². The molecule has 2 aromatic carbocycles. The molecule has 2 fully saturated rings. The average Bonchev–Trinajstić information content (AvgIpc) is 3.34. The van der Waals surface area contributed by atoms with E-state index in [-0.39, 0.29) is 0 Å². The van der Waals surface area contributed by atoms with E-state index in [1.165, 1.54) is 0 Å². The summed E-state index contributed by atoms with van der Waals surface area (Å²) in [7, 11) is 0. The number of azo groups is 1. The number of hydrazine groups is 2. The molecule has 204 valence electrons. The Bertz CT molecular complexity index is 1470. The van der Waals surface area contributed by atoms with Crippen LogP contribution in [0.15, 0.2) is 46.6 Å². The molecule has 0 radical (unpaired) electrons. The number of nitro groups is 4. The molecule has 2 N–H and O–H groups in total. The lowest BCUT2D eigenvalue weighted by molar-refractivity contribution is -0.394. The number of hydrogen-bond acceptors (Lipinski definition) is 14. The fourth-order valence-corrected chi connectivity index (χ4v) is 3.54. The number of nitro benzene ring substituents is 4. The monoisotopic (exact) mass is 558 g/mol. The summed E-state index contributed by atoms with van der Waals surface area (Å²) >= 11 is 0. The molecular weight excluding hydrogens is 548 g/mol. The smallest absolute Gasteiger partial charge is 0.270 e. The predicted octanol–water partition coefficient (Wildman–Crippen LogP) is -0.0354. The molecule has 2 unspecified atom stereocenters. The summed E-state index contributed by atoms with van der Waals surface area (Å²) in [5, 5.41) is 52.2. The molecule has 22 heteroatoms. The highest BCUT2D eigenvalue weighted by atomic mass is 16.6. The van der Waals surface area contributed by atoms with Gasteiger partial charge in [0.15, 0.2) is 0 Å². The molecule has 40 heavy (non-hydrogen) atoms. The first-order valence-electron chi connectivity index (χ1n) is 10.4. The van der Waals surface area contributed by atoms with Gasteiger partial charge in [-0.2, -0.15) is 10.2 Å². The van der Waals surface area contributed by atoms with Gasteiger partial charge in [0.05, 0.1) is 31.8 Å². The maximum Gasteiger partial charge on any atom is 0.301 e. The van der Waals surface area contributed by atoms with Gasteiger partial charge in [0.2, 0.25) is 12.1 Å². The number of benzene rings is 2. The van der Waals surface area contributed by atoms with Gasteiger partial charge in [0.1, 0.15) is 11.4 Å². The minimum absolute atomic E-state index is 0.386. The average molecular weight is 558 g/mol. The van der Waals surface area contributed by atoms with Crippen LogP contribution < -0.4 is 20.9 Å². The Morgan fingerprint density at radius 1 is 0.600 bits per heavy atom. The maximum atomic E-state index is 12.8. The molecule has 4 amide bonds. The SMILES string of the molecule is O=C1NN(c2ccc([N+](=O)[O-])cc2[N+](=O)[O-])C(=O)C1N=NC1C(=O)NN(c2ccc([N+](=O)[O-])cc2[N+](=O)[O-])C1=O. The second-order valence-corrected chi connectivity index (χ2v) is 7.71. The highest BCUT2D eigenvalue weighted by molar-refractivity contribution is 6.19. The zero-order valence-corrected chi connectivity index (χ0v) is 19.1. The third-order valence-corrected chi connectivity index (χ3v) is 5.36. The lowest BCUT2D eigenvalue weighted by Crippen LogP contribution is -2.36. The number of rotatable bonds is 8. The van der Waals surface area contributed by atoms with E-state index >= 15 is 0 Å². The topological polar surface area (TPSA) is 296 Å². The fourth-order valence-electron chi connectivity index (χ4n) is 3.54. The summed E-state index contributed by atoms with van der Waals surface area (Å²) in [6.07, 6.45) is 0. The largest absolute Gasteiger partial charge is 0.301 e. The normalized spacial score (nSPS) is 18.7. The van der Waals surface area contributed by atoms with Gasteiger partial charge in [0.25, 0.3) is 35.0 Å². The third kappa shape index (κ3) is 4.53. The lowest BCUT2D eigenvalue weighted by Gasteiger charge is -2.14. The first kappa shape index (κ1) is 26.6. The summed E-state index contributed by atoms with van der Waals surface area (Å²) in [6, 6.07) is 0.354. The number of anilines is 2. The fraction of sp³-hybridized carbons (Fsp3) is 0.111. The molecule has 4 rings (SSSR count). The van der Waals surface area contributed by atoms with E-state index < -0.39 is 89.5 Å². The summed E-state index contributed by atoms with van der Waals surface area (Å²) in [5.41, 5.74) is -0.339. The van der Waals surface area contributed by atoms with Gasteiger partial charge in [-0.25, -0.2) is 10.0 Å². The molecule has 2 aromatic rings. The Balaban J connectivity index is 1.59. The summed E-state index contributed by atoms with van der Waals surface area (Å²) in [5.74, 6) is -4.87. The molecule has 2 saturated heterocycles. The summed E-state index contributed by atoms with van der Waals surface area (Å²) < 4.78 is 0. The Hall–Kier alpha value is -6.48. The van der Waals surface area contributed by atoms with Gasteiger partial charge in [0, 0.05) is 12.1 Å². The van der Waals surface area contributed by atoms with Crippen LogP contribution in [0.4, 0.5) is 34.1 Å². The van der Waals surface area contributed by atoms with Crippen molar-refractivity contribution in [3.63, 3.8) is 0 Å². The van der Waals surface area contributed by atoms with Gasteiger partial charge in [-0.3, -0.25) is 70.5 Å². The van der Waals surface area contributed by atoms with Crippen molar-refractivity contribution >= 4 is 57.8 Å². The highest BCUT2D eigenvalue weighted by Crippen LogP contribution is 2.34. The Kier molecular flexibility index (Phi) is 6.49. The molecular formula is C18H10N10O12. The van der Waals surface area contributed by atoms with Gasteiger partial charge in [-0.05, 0) is 12.1 Å². The van der Waals surface area contributed by atoms with E-state index in [4.69, 9.17) is 0 Å². The van der Waals surface area contributed by atoms with Crippen molar-refractivity contribution in [2.45, 2.75) is 12.1 Å². The van der Waals surface area contributed by atoms with Crippen molar-refractivity contribution in [1.29, 1.82) is 0 Å². The van der Waals surface area contributed by atoms with Crippen LogP contribution in [0, 0.1) is 40.5 Å². The van der Waals surface area contributed by atoms with Crippen molar-refractivity contribution < 1.29 is 38.9 Å². The van der Waals surface area contributed by atoms with Gasteiger partial charge < -0.3 is 0 Å². The molecule has 22 nitrogen and oxygen atoms in total. The number of non-ortho nitro benzene ring substituents is 2. The molecule has 2 aliphatic rings. The third-order valence-electron chi connectivity index (χ3n) is 5.36. The maximum absolute atomic E-state index is 12.8. The molecule has 0 saturated carbocycles. The summed E-state index contributed by atoms with van der Waals surface area (Å²) in [6.45, 7) is 0. The van der Waals surface area contributed by atoms with E-state index in [1.54, 1.807) is 0 Å². The number of hydrogen-bond donors (Lipinski definition) is 2. The van der Waals surface area contributed by atoms with Crippen LogP contribution in [0.1, 0.15) is 0 Å². The number of nitrogens with zero attached hydrogens (tertiary/aromatic N) is 8. The predicted molar refractivity (Wildman–Crippen MR) is 123 cm³/mol. The van der Waals surface area contributed by atoms with Crippen molar-refractivity contribution in [3.05, 3.63) is 76.9 Å². The molecule has 0 spiro atoms. The van der Waals surface area contributed by atoms with Crippen molar-refractivity contribution in [1.82, 2.24) is 10.9 Å². The van der Waals surface area contributed by atoms with Crippen LogP contribution in [0.5, 0.6) is 0 Å². The molecule has 0 aliphatic carbocycles. The number of amides is 4. The zero-order valence-electron chi connectivity index (χ0n) is 19.1. The Labute approximate surface area is 217 Å². The quantitative estimate of drug-likeness (QED) is 0.187. The number of carbonyl (C=O) groups excluding carboxylic acids is 4. The minimum atomic E-state index is -2.04. The minimum Gasteiger partial charge on any atom is -0.270 e.